The van der Waals surface area contributed by atoms with Crippen LogP contribution in [-0.2, 0) is 46.9 Å². The average molecular weight is 345 g/mol. The van der Waals surface area contributed by atoms with Crippen LogP contribution in [0.15, 0.2) is 0 Å². The normalized spacial score (nSPS) is 32.2. The first-order valence-electron chi connectivity index (χ1n) is 6.61. The Labute approximate surface area is 144 Å². The van der Waals surface area contributed by atoms with Crippen molar-refractivity contribution in [2.24, 2.45) is 0 Å². The summed E-state index contributed by atoms with van der Waals surface area (Å²) in [6, 6.07) is 0. The molecule has 0 aromatic carbocycles. The van der Waals surface area contributed by atoms with Crippen LogP contribution in [0, 0.1) is 13.3 Å². The van der Waals surface area contributed by atoms with E-state index in [2.05, 4.69) is 13.3 Å². The van der Waals surface area contributed by atoms with Crippen LogP contribution in [0.5, 0.6) is 0 Å². The molecular formula is C15H28O3Y-2. The fraction of sp³-hybridized carbons (Fsp3) is 0.867. The van der Waals surface area contributed by atoms with Crippen LogP contribution in [0.2, 0.25) is 0 Å². The minimum atomic E-state index is -0.653. The maximum atomic E-state index is 6.03. The van der Waals surface area contributed by atoms with E-state index >= 15 is 0 Å². The van der Waals surface area contributed by atoms with E-state index in [9.17, 15) is 0 Å². The van der Waals surface area contributed by atoms with Crippen LogP contribution >= 0.6 is 0 Å². The molecule has 1 heterocycles. The summed E-state index contributed by atoms with van der Waals surface area (Å²) < 4.78 is 17.7. The van der Waals surface area contributed by atoms with Gasteiger partial charge in [0, 0.05) is 39.3 Å². The van der Waals surface area contributed by atoms with Crippen molar-refractivity contribution >= 4 is 0 Å². The maximum absolute atomic E-state index is 6.03. The Balaban J connectivity index is 0.00000324. The molecule has 1 unspecified atom stereocenters. The third-order valence-electron chi connectivity index (χ3n) is 2.61. The van der Waals surface area contributed by atoms with Crippen LogP contribution in [0.4, 0.5) is 0 Å². The van der Waals surface area contributed by atoms with Gasteiger partial charge in [-0.25, -0.2) is 0 Å². The number of hydrogen-bond donors (Lipinski definition) is 0. The van der Waals surface area contributed by atoms with Gasteiger partial charge in [0.1, 0.15) is 0 Å². The van der Waals surface area contributed by atoms with Crippen molar-refractivity contribution in [3.63, 3.8) is 0 Å². The molecule has 0 bridgehead atoms. The summed E-state index contributed by atoms with van der Waals surface area (Å²) in [5, 5.41) is 0. The van der Waals surface area contributed by atoms with E-state index in [4.69, 9.17) is 14.2 Å². The molecular weight excluding hydrogens is 317 g/mol. The third-order valence-corrected chi connectivity index (χ3v) is 2.61. The molecule has 0 N–H and O–H groups in total. The number of ether oxygens (including phenoxy) is 3. The molecule has 4 heteroatoms. The first-order valence-corrected chi connectivity index (χ1v) is 6.61. The molecule has 0 aromatic rings. The Bertz CT molecular complexity index is 280. The number of hydrogen-bond acceptors (Lipinski definition) is 3. The molecule has 3 nitrogen and oxygen atoms in total. The summed E-state index contributed by atoms with van der Waals surface area (Å²) in [7, 11) is 0. The monoisotopic (exact) mass is 345 g/mol. The van der Waals surface area contributed by atoms with Crippen molar-refractivity contribution < 1.29 is 46.9 Å². The summed E-state index contributed by atoms with van der Waals surface area (Å²) in [6.07, 6.45) is 1.96. The SMILES string of the molecule is [CH2-][C@]1(COC(C)(C)C)O[C@@H](C)[CH-]C1OC(C)(C)C.[Y]. The molecule has 19 heavy (non-hydrogen) atoms. The third kappa shape index (κ3) is 6.99. The zero-order chi connectivity index (χ0) is 14.2. The van der Waals surface area contributed by atoms with Gasteiger partial charge in [0.25, 0.3) is 0 Å². The van der Waals surface area contributed by atoms with Crippen LogP contribution < -0.4 is 0 Å². The predicted octanol–water partition coefficient (Wildman–Crippen LogP) is 3.18. The van der Waals surface area contributed by atoms with E-state index in [1.165, 1.54) is 0 Å². The largest absolute Gasteiger partial charge is 0.434 e. The van der Waals surface area contributed by atoms with Gasteiger partial charge in [-0.05, 0) is 47.1 Å². The molecule has 0 saturated carbocycles. The average Bonchev–Trinajstić information content (AvgIpc) is 2.35. The van der Waals surface area contributed by atoms with Gasteiger partial charge in [-0.15, -0.1) is 0 Å². The molecule has 1 saturated heterocycles. The molecule has 1 aliphatic heterocycles. The van der Waals surface area contributed by atoms with Crippen molar-refractivity contribution in [1.29, 1.82) is 0 Å². The van der Waals surface area contributed by atoms with Crippen molar-refractivity contribution in [2.75, 3.05) is 6.61 Å². The molecule has 1 rings (SSSR count). The van der Waals surface area contributed by atoms with Gasteiger partial charge in [0.05, 0.1) is 11.2 Å². The van der Waals surface area contributed by atoms with Gasteiger partial charge in [0.2, 0.25) is 0 Å². The van der Waals surface area contributed by atoms with Crippen LogP contribution in [-0.4, -0.2) is 35.6 Å². The van der Waals surface area contributed by atoms with Crippen LogP contribution in [0.25, 0.3) is 0 Å². The molecule has 3 atom stereocenters. The standard InChI is InChI=1S/C15H28O3.Y/c1-11-9-12(18-14(5,6)7)15(8,17-11)10-16-13(2,3)4;/h9,11-12H,8,10H2,1-7H3;/q-2;/t11-,12?,15+;/m0./s1. The molecule has 0 spiro atoms. The zero-order valence-corrected chi connectivity index (χ0v) is 16.3. The van der Waals surface area contributed by atoms with Gasteiger partial charge in [0.15, 0.2) is 0 Å². The van der Waals surface area contributed by atoms with Crippen molar-refractivity contribution in [3.05, 3.63) is 13.3 Å². The van der Waals surface area contributed by atoms with E-state index in [1.807, 2.05) is 48.5 Å². The molecule has 111 valence electrons. The van der Waals surface area contributed by atoms with E-state index in [0.29, 0.717) is 6.61 Å². The molecule has 0 aliphatic carbocycles. The molecule has 0 amide bonds. The van der Waals surface area contributed by atoms with Crippen LogP contribution in [0.1, 0.15) is 48.5 Å². The zero-order valence-electron chi connectivity index (χ0n) is 13.4. The van der Waals surface area contributed by atoms with E-state index in [0.717, 1.165) is 0 Å². The van der Waals surface area contributed by atoms with E-state index in [-0.39, 0.29) is 56.1 Å². The number of rotatable bonds is 3. The Morgan fingerprint density at radius 1 is 1.16 bits per heavy atom. The van der Waals surface area contributed by atoms with E-state index in [1.54, 1.807) is 0 Å². The Kier molecular flexibility index (Phi) is 7.18. The summed E-state index contributed by atoms with van der Waals surface area (Å²) in [4.78, 5) is 0. The quantitative estimate of drug-likeness (QED) is 0.736. The minimum absolute atomic E-state index is 0. The fourth-order valence-corrected chi connectivity index (χ4v) is 1.88. The molecule has 0 aromatic heterocycles. The van der Waals surface area contributed by atoms with E-state index < -0.39 is 5.60 Å². The van der Waals surface area contributed by atoms with Crippen LogP contribution in [0.3, 0.4) is 0 Å². The second-order valence-electron chi connectivity index (χ2n) is 7.13. The topological polar surface area (TPSA) is 27.7 Å². The van der Waals surface area contributed by atoms with Gasteiger partial charge in [-0.1, -0.05) is 19.1 Å². The second kappa shape index (κ2) is 6.83. The summed E-state index contributed by atoms with van der Waals surface area (Å²) >= 11 is 0. The predicted molar refractivity (Wildman–Crippen MR) is 73.3 cm³/mol. The minimum Gasteiger partial charge on any atom is -0.434 e. The summed E-state index contributed by atoms with van der Waals surface area (Å²) in [5.41, 5.74) is -1.08. The smallest absolute Gasteiger partial charge is 0.0598 e. The van der Waals surface area contributed by atoms with Crippen molar-refractivity contribution in [1.82, 2.24) is 0 Å². The molecule has 1 radical (unpaired) electrons. The second-order valence-corrected chi connectivity index (χ2v) is 7.13. The first kappa shape index (κ1) is 20.0. The van der Waals surface area contributed by atoms with Gasteiger partial charge >= 0.3 is 0 Å². The Hall–Kier alpha value is 0.984. The molecule has 1 fully saturated rings. The fourth-order valence-electron chi connectivity index (χ4n) is 1.88. The molecule has 1 aliphatic rings. The summed E-state index contributed by atoms with van der Waals surface area (Å²) in [5.74, 6) is 0. The van der Waals surface area contributed by atoms with Crippen molar-refractivity contribution in [2.45, 2.75) is 77.5 Å². The van der Waals surface area contributed by atoms with Gasteiger partial charge in [-0.3, -0.25) is 6.42 Å². The first-order chi connectivity index (χ1) is 7.91. The van der Waals surface area contributed by atoms with Gasteiger partial charge in [-0.2, -0.15) is 0 Å². The maximum Gasteiger partial charge on any atom is 0.0598 e. The Morgan fingerprint density at radius 2 is 1.68 bits per heavy atom. The summed E-state index contributed by atoms with van der Waals surface area (Å²) in [6.45, 7) is 18.8. The Morgan fingerprint density at radius 3 is 2.11 bits per heavy atom. The van der Waals surface area contributed by atoms with Gasteiger partial charge < -0.3 is 21.1 Å². The van der Waals surface area contributed by atoms with Crippen molar-refractivity contribution in [3.8, 4) is 0 Å².